The van der Waals surface area contributed by atoms with Crippen molar-refractivity contribution in [1.82, 2.24) is 0 Å². The number of rotatable bonds is 4. The van der Waals surface area contributed by atoms with Gasteiger partial charge in [0.2, 0.25) is 5.91 Å². The van der Waals surface area contributed by atoms with E-state index in [1.54, 1.807) is 18.2 Å². The van der Waals surface area contributed by atoms with Crippen molar-refractivity contribution in [2.75, 3.05) is 10.8 Å². The topological polar surface area (TPSA) is 20.3 Å². The molecular formula is C17H17ClFNO. The van der Waals surface area contributed by atoms with Gasteiger partial charge in [-0.2, -0.15) is 0 Å². The lowest BCUT2D eigenvalue weighted by atomic mass is 10.1. The molecule has 0 aromatic heterocycles. The number of benzene rings is 2. The molecule has 0 atom stereocenters. The van der Waals surface area contributed by atoms with Crippen LogP contribution in [-0.2, 0) is 11.3 Å². The van der Waals surface area contributed by atoms with Gasteiger partial charge in [0.15, 0.2) is 0 Å². The van der Waals surface area contributed by atoms with Gasteiger partial charge < -0.3 is 4.90 Å². The summed E-state index contributed by atoms with van der Waals surface area (Å²) in [6.07, 6.45) is 0. The molecule has 0 fully saturated rings. The lowest BCUT2D eigenvalue weighted by molar-refractivity contribution is -0.116. The minimum atomic E-state index is -0.324. The summed E-state index contributed by atoms with van der Waals surface area (Å²) in [4.78, 5) is 13.7. The van der Waals surface area contributed by atoms with E-state index >= 15 is 0 Å². The third-order valence-corrected chi connectivity index (χ3v) is 3.57. The molecule has 0 heterocycles. The van der Waals surface area contributed by atoms with E-state index in [-0.39, 0.29) is 24.1 Å². The van der Waals surface area contributed by atoms with Gasteiger partial charge in [-0.05, 0) is 31.5 Å². The zero-order valence-electron chi connectivity index (χ0n) is 12.1. The summed E-state index contributed by atoms with van der Waals surface area (Å²) in [5.74, 6) is -0.705. The third-order valence-electron chi connectivity index (χ3n) is 3.34. The maximum absolute atomic E-state index is 13.8. The largest absolute Gasteiger partial charge is 0.307 e. The van der Waals surface area contributed by atoms with Crippen molar-refractivity contribution in [1.29, 1.82) is 0 Å². The molecule has 2 rings (SSSR count). The van der Waals surface area contributed by atoms with Crippen molar-refractivity contribution in [2.45, 2.75) is 20.4 Å². The fourth-order valence-corrected chi connectivity index (χ4v) is 2.43. The predicted octanol–water partition coefficient (Wildman–Crippen LogP) is 4.21. The van der Waals surface area contributed by atoms with Crippen LogP contribution < -0.4 is 4.90 Å². The van der Waals surface area contributed by atoms with Crippen LogP contribution in [0.5, 0.6) is 0 Å². The molecule has 0 radical (unpaired) electrons. The molecular weight excluding hydrogens is 289 g/mol. The number of hydrogen-bond donors (Lipinski definition) is 0. The van der Waals surface area contributed by atoms with Crippen LogP contribution in [0.25, 0.3) is 0 Å². The number of nitrogens with zero attached hydrogens (tertiary/aromatic N) is 1. The molecule has 2 aromatic rings. The van der Waals surface area contributed by atoms with Gasteiger partial charge in [0.1, 0.15) is 11.7 Å². The van der Waals surface area contributed by atoms with E-state index in [1.807, 2.05) is 32.0 Å². The van der Waals surface area contributed by atoms with E-state index in [9.17, 15) is 9.18 Å². The zero-order valence-corrected chi connectivity index (χ0v) is 12.8. The lowest BCUT2D eigenvalue weighted by Gasteiger charge is -2.24. The van der Waals surface area contributed by atoms with E-state index in [0.29, 0.717) is 5.56 Å². The number of amides is 1. The SMILES string of the molecule is Cc1ccc(N(Cc2ccccc2F)C(=O)CCl)c(C)c1. The first-order valence-electron chi connectivity index (χ1n) is 6.70. The minimum absolute atomic E-state index is 0.137. The molecule has 0 saturated heterocycles. The van der Waals surface area contributed by atoms with Crippen molar-refractivity contribution in [3.8, 4) is 0 Å². The van der Waals surface area contributed by atoms with Gasteiger partial charge in [0.05, 0.1) is 6.54 Å². The average molecular weight is 306 g/mol. The highest BCUT2D eigenvalue weighted by Crippen LogP contribution is 2.24. The summed E-state index contributed by atoms with van der Waals surface area (Å²) < 4.78 is 13.8. The maximum atomic E-state index is 13.8. The van der Waals surface area contributed by atoms with Crippen molar-refractivity contribution in [2.24, 2.45) is 0 Å². The number of hydrogen-bond acceptors (Lipinski definition) is 1. The van der Waals surface area contributed by atoms with E-state index in [1.165, 1.54) is 11.0 Å². The number of carbonyl (C=O) groups is 1. The molecule has 4 heteroatoms. The van der Waals surface area contributed by atoms with Gasteiger partial charge in [-0.3, -0.25) is 4.79 Å². The molecule has 0 N–H and O–H groups in total. The Bertz CT molecular complexity index is 657. The first kappa shape index (κ1) is 15.5. The fourth-order valence-electron chi connectivity index (χ4n) is 2.29. The van der Waals surface area contributed by atoms with Gasteiger partial charge in [-0.1, -0.05) is 35.9 Å². The van der Waals surface area contributed by atoms with E-state index in [2.05, 4.69) is 0 Å². The highest BCUT2D eigenvalue weighted by molar-refractivity contribution is 6.29. The molecule has 2 nitrogen and oxygen atoms in total. The predicted molar refractivity (Wildman–Crippen MR) is 84.2 cm³/mol. The molecule has 0 spiro atoms. The van der Waals surface area contributed by atoms with Gasteiger partial charge in [0, 0.05) is 11.3 Å². The zero-order chi connectivity index (χ0) is 15.4. The molecule has 0 aliphatic heterocycles. The molecule has 0 aliphatic carbocycles. The molecule has 0 unspecified atom stereocenters. The van der Waals surface area contributed by atoms with Crippen LogP contribution in [0.2, 0.25) is 0 Å². The Labute approximate surface area is 129 Å². The molecule has 0 bridgehead atoms. The van der Waals surface area contributed by atoms with Gasteiger partial charge in [-0.25, -0.2) is 4.39 Å². The van der Waals surface area contributed by atoms with Crippen LogP contribution in [0.1, 0.15) is 16.7 Å². The number of anilines is 1. The number of carbonyl (C=O) groups excluding carboxylic acids is 1. The fraction of sp³-hybridized carbons (Fsp3) is 0.235. The summed E-state index contributed by atoms with van der Waals surface area (Å²) in [6, 6.07) is 12.2. The molecule has 1 amide bonds. The highest BCUT2D eigenvalue weighted by atomic mass is 35.5. The quantitative estimate of drug-likeness (QED) is 0.775. The molecule has 0 saturated carbocycles. The van der Waals surface area contributed by atoms with Crippen LogP contribution in [0.4, 0.5) is 10.1 Å². The normalized spacial score (nSPS) is 10.5. The monoisotopic (exact) mass is 305 g/mol. The summed E-state index contributed by atoms with van der Waals surface area (Å²) in [7, 11) is 0. The summed E-state index contributed by atoms with van der Waals surface area (Å²) in [6.45, 7) is 4.08. The molecule has 21 heavy (non-hydrogen) atoms. The second kappa shape index (κ2) is 6.72. The van der Waals surface area contributed by atoms with Crippen molar-refractivity contribution in [3.63, 3.8) is 0 Å². The Hall–Kier alpha value is -1.87. The number of alkyl halides is 1. The third kappa shape index (κ3) is 3.61. The molecule has 110 valence electrons. The Morgan fingerprint density at radius 1 is 1.19 bits per heavy atom. The smallest absolute Gasteiger partial charge is 0.242 e. The van der Waals surface area contributed by atoms with Crippen LogP contribution >= 0.6 is 11.6 Å². The van der Waals surface area contributed by atoms with Crippen molar-refractivity contribution < 1.29 is 9.18 Å². The number of aryl methyl sites for hydroxylation is 2. The highest BCUT2D eigenvalue weighted by Gasteiger charge is 2.18. The van der Waals surface area contributed by atoms with Crippen molar-refractivity contribution in [3.05, 3.63) is 65.0 Å². The summed E-state index contributed by atoms with van der Waals surface area (Å²) >= 11 is 5.70. The van der Waals surface area contributed by atoms with Gasteiger partial charge >= 0.3 is 0 Å². The molecule has 2 aromatic carbocycles. The van der Waals surface area contributed by atoms with E-state index < -0.39 is 0 Å². The number of halogens is 2. The summed E-state index contributed by atoms with van der Waals surface area (Å²) in [5.41, 5.74) is 3.30. The lowest BCUT2D eigenvalue weighted by Crippen LogP contribution is -2.32. The Balaban J connectivity index is 2.40. The second-order valence-corrected chi connectivity index (χ2v) is 5.26. The summed E-state index contributed by atoms with van der Waals surface area (Å²) in [5, 5.41) is 0. The second-order valence-electron chi connectivity index (χ2n) is 4.99. The Kier molecular flexibility index (Phi) is 4.97. The maximum Gasteiger partial charge on any atom is 0.242 e. The van der Waals surface area contributed by atoms with Crippen LogP contribution in [-0.4, -0.2) is 11.8 Å². The minimum Gasteiger partial charge on any atom is -0.307 e. The van der Waals surface area contributed by atoms with Crippen molar-refractivity contribution >= 4 is 23.2 Å². The van der Waals surface area contributed by atoms with Gasteiger partial charge in [-0.15, -0.1) is 11.6 Å². The van der Waals surface area contributed by atoms with Crippen LogP contribution in [0, 0.1) is 19.7 Å². The average Bonchev–Trinajstić information content (AvgIpc) is 2.46. The standard InChI is InChI=1S/C17H17ClFNO/c1-12-7-8-16(13(2)9-12)20(17(21)10-18)11-14-5-3-4-6-15(14)19/h3-9H,10-11H2,1-2H3. The van der Waals surface area contributed by atoms with Crippen LogP contribution in [0.3, 0.4) is 0 Å². The van der Waals surface area contributed by atoms with Gasteiger partial charge in [0.25, 0.3) is 0 Å². The molecule has 0 aliphatic rings. The van der Waals surface area contributed by atoms with E-state index in [0.717, 1.165) is 16.8 Å². The van der Waals surface area contributed by atoms with E-state index in [4.69, 9.17) is 11.6 Å². The van der Waals surface area contributed by atoms with Crippen LogP contribution in [0.15, 0.2) is 42.5 Å². The first-order valence-corrected chi connectivity index (χ1v) is 7.23. The Morgan fingerprint density at radius 2 is 1.90 bits per heavy atom. The Morgan fingerprint density at radius 3 is 2.52 bits per heavy atom. The first-order chi connectivity index (χ1) is 10.0.